The van der Waals surface area contributed by atoms with E-state index in [1.807, 2.05) is 0 Å². The molecule has 2 heterocycles. The van der Waals surface area contributed by atoms with Crippen molar-refractivity contribution in [1.82, 2.24) is 9.47 Å². The predicted molar refractivity (Wildman–Crippen MR) is 116 cm³/mol. The molecule has 4 nitrogen and oxygen atoms in total. The lowest BCUT2D eigenvalue weighted by Crippen LogP contribution is -2.39. The van der Waals surface area contributed by atoms with Gasteiger partial charge in [0.25, 0.3) is 0 Å². The highest BCUT2D eigenvalue weighted by Crippen LogP contribution is 2.22. The van der Waals surface area contributed by atoms with Gasteiger partial charge >= 0.3 is 0 Å². The van der Waals surface area contributed by atoms with Gasteiger partial charge in [-0.1, -0.05) is 42.0 Å². The van der Waals surface area contributed by atoms with Gasteiger partial charge in [0.2, 0.25) is 0 Å². The number of nitrogens with zero attached hydrogens (tertiary/aromatic N) is 3. The normalized spacial score (nSPS) is 15.9. The second-order valence-electron chi connectivity index (χ2n) is 7.33. The van der Waals surface area contributed by atoms with Crippen LogP contribution in [-0.4, -0.2) is 42.3 Å². The first kappa shape index (κ1) is 19.1. The van der Waals surface area contributed by atoms with E-state index in [1.165, 1.54) is 22.4 Å². The molecule has 1 aliphatic rings. The van der Waals surface area contributed by atoms with Crippen LogP contribution in [0.5, 0.6) is 0 Å². The number of thiazole rings is 1. The first-order valence-corrected chi connectivity index (χ1v) is 10.7. The quantitative estimate of drug-likeness (QED) is 0.643. The van der Waals surface area contributed by atoms with E-state index in [0.717, 1.165) is 49.9 Å². The van der Waals surface area contributed by atoms with Crippen molar-refractivity contribution >= 4 is 17.0 Å². The number of aryl methyl sites for hydroxylation is 2. The molecule has 0 unspecified atom stereocenters. The summed E-state index contributed by atoms with van der Waals surface area (Å²) in [7, 11) is 0. The zero-order valence-electron chi connectivity index (χ0n) is 16.6. The third-order valence-corrected chi connectivity index (χ3v) is 5.98. The molecule has 0 N–H and O–H groups in total. The maximum Gasteiger partial charge on any atom is 0.190 e. The molecule has 4 rings (SSSR count). The van der Waals surface area contributed by atoms with Crippen molar-refractivity contribution in [2.45, 2.75) is 20.4 Å². The van der Waals surface area contributed by atoms with Crippen molar-refractivity contribution < 1.29 is 4.74 Å². The zero-order valence-corrected chi connectivity index (χ0v) is 17.4. The van der Waals surface area contributed by atoms with E-state index in [4.69, 9.17) is 9.73 Å². The number of rotatable bonds is 5. The van der Waals surface area contributed by atoms with Crippen LogP contribution in [0.1, 0.15) is 11.1 Å². The third-order valence-electron chi connectivity index (χ3n) is 5.11. The summed E-state index contributed by atoms with van der Waals surface area (Å²) in [6, 6.07) is 17.2. The van der Waals surface area contributed by atoms with Crippen LogP contribution in [0.2, 0.25) is 0 Å². The summed E-state index contributed by atoms with van der Waals surface area (Å²) in [5.74, 6) is 0. The first-order chi connectivity index (χ1) is 13.7. The Morgan fingerprint density at radius 2 is 1.75 bits per heavy atom. The number of morpholine rings is 1. The minimum atomic E-state index is 0.833. The van der Waals surface area contributed by atoms with Gasteiger partial charge in [-0.25, -0.2) is 4.99 Å². The molecule has 2 aromatic carbocycles. The average Bonchev–Trinajstić information content (AvgIpc) is 3.10. The highest BCUT2D eigenvalue weighted by atomic mass is 32.1. The summed E-state index contributed by atoms with van der Waals surface area (Å²) in [4.78, 5) is 8.49. The van der Waals surface area contributed by atoms with Crippen molar-refractivity contribution in [2.75, 3.05) is 32.8 Å². The maximum absolute atomic E-state index is 5.49. The molecule has 1 aromatic heterocycles. The Bertz CT molecular complexity index is 982. The molecule has 1 fully saturated rings. The highest BCUT2D eigenvalue weighted by Gasteiger charge is 2.13. The van der Waals surface area contributed by atoms with E-state index in [-0.39, 0.29) is 0 Å². The summed E-state index contributed by atoms with van der Waals surface area (Å²) < 4.78 is 7.86. The predicted octanol–water partition coefficient (Wildman–Crippen LogP) is 4.40. The molecule has 0 atom stereocenters. The van der Waals surface area contributed by atoms with E-state index in [0.29, 0.717) is 0 Å². The minimum Gasteiger partial charge on any atom is -0.379 e. The van der Waals surface area contributed by atoms with Crippen LogP contribution in [0.4, 0.5) is 5.69 Å². The van der Waals surface area contributed by atoms with Crippen molar-refractivity contribution in [3.63, 3.8) is 0 Å². The molecule has 1 saturated heterocycles. The minimum absolute atomic E-state index is 0.833. The summed E-state index contributed by atoms with van der Waals surface area (Å²) in [6.07, 6.45) is 0. The molecule has 3 aromatic rings. The molecule has 0 spiro atoms. The fourth-order valence-corrected chi connectivity index (χ4v) is 4.42. The second-order valence-corrected chi connectivity index (χ2v) is 8.16. The van der Waals surface area contributed by atoms with Gasteiger partial charge in [-0.3, -0.25) is 4.90 Å². The van der Waals surface area contributed by atoms with Crippen molar-refractivity contribution in [2.24, 2.45) is 4.99 Å². The smallest absolute Gasteiger partial charge is 0.190 e. The molecular formula is C23H27N3OS. The number of aromatic nitrogens is 1. The van der Waals surface area contributed by atoms with Crippen molar-refractivity contribution in [3.05, 3.63) is 69.8 Å². The molecule has 0 saturated carbocycles. The Hall–Kier alpha value is -2.21. The van der Waals surface area contributed by atoms with Crippen molar-refractivity contribution in [3.8, 4) is 11.3 Å². The number of hydrogen-bond acceptors (Lipinski definition) is 4. The van der Waals surface area contributed by atoms with Crippen LogP contribution >= 0.6 is 11.3 Å². The fraction of sp³-hybridized carbons (Fsp3) is 0.348. The van der Waals surface area contributed by atoms with Gasteiger partial charge in [-0.05, 0) is 37.1 Å². The van der Waals surface area contributed by atoms with E-state index in [1.54, 1.807) is 11.3 Å². The molecule has 5 heteroatoms. The largest absolute Gasteiger partial charge is 0.379 e. The third kappa shape index (κ3) is 4.61. The Balaban J connectivity index is 1.69. The zero-order chi connectivity index (χ0) is 19.3. The maximum atomic E-state index is 5.49. The van der Waals surface area contributed by atoms with E-state index in [9.17, 15) is 0 Å². The monoisotopic (exact) mass is 393 g/mol. The molecule has 0 amide bonds. The molecule has 0 radical (unpaired) electrons. The number of benzene rings is 2. The van der Waals surface area contributed by atoms with Crippen LogP contribution in [0.3, 0.4) is 0 Å². The lowest BCUT2D eigenvalue weighted by Gasteiger charge is -2.26. The Morgan fingerprint density at radius 3 is 2.50 bits per heavy atom. The molecule has 0 aliphatic carbocycles. The SMILES string of the molecule is Cc1ccc(-c2csc(=Nc3cccc(C)c3)n2CCN2CCOCC2)cc1. The van der Waals surface area contributed by atoms with E-state index >= 15 is 0 Å². The lowest BCUT2D eigenvalue weighted by molar-refractivity contribution is 0.0363. The van der Waals surface area contributed by atoms with E-state index < -0.39 is 0 Å². The second kappa shape index (κ2) is 8.86. The molecule has 0 bridgehead atoms. The molecule has 146 valence electrons. The Kier molecular flexibility index (Phi) is 6.05. The summed E-state index contributed by atoms with van der Waals surface area (Å²) in [5, 5.41) is 2.23. The number of ether oxygens (including phenoxy) is 1. The first-order valence-electron chi connectivity index (χ1n) is 9.86. The molecule has 1 aliphatic heterocycles. The summed E-state index contributed by atoms with van der Waals surface area (Å²) in [5.41, 5.74) is 6.01. The van der Waals surface area contributed by atoms with Gasteiger partial charge in [-0.15, -0.1) is 11.3 Å². The Morgan fingerprint density at radius 1 is 0.964 bits per heavy atom. The molecular weight excluding hydrogens is 366 g/mol. The lowest BCUT2D eigenvalue weighted by atomic mass is 10.1. The molecule has 28 heavy (non-hydrogen) atoms. The van der Waals surface area contributed by atoms with Gasteiger partial charge in [-0.2, -0.15) is 0 Å². The Labute approximate surface area is 170 Å². The van der Waals surface area contributed by atoms with Crippen LogP contribution in [0.15, 0.2) is 58.9 Å². The van der Waals surface area contributed by atoms with Gasteiger partial charge in [0, 0.05) is 31.6 Å². The van der Waals surface area contributed by atoms with Gasteiger partial charge in [0.05, 0.1) is 24.6 Å². The van der Waals surface area contributed by atoms with Crippen LogP contribution in [-0.2, 0) is 11.3 Å². The average molecular weight is 394 g/mol. The van der Waals surface area contributed by atoms with E-state index in [2.05, 4.69) is 77.2 Å². The topological polar surface area (TPSA) is 29.8 Å². The number of hydrogen-bond donors (Lipinski definition) is 0. The van der Waals surface area contributed by atoms with Gasteiger partial charge in [0.1, 0.15) is 0 Å². The standard InChI is InChI=1S/C23H27N3OS/c1-18-6-8-20(9-7-18)22-17-28-23(24-21-5-3-4-19(2)16-21)26(22)11-10-25-12-14-27-15-13-25/h3-9,16-17H,10-15H2,1-2H3. The van der Waals surface area contributed by atoms with Crippen LogP contribution in [0.25, 0.3) is 11.3 Å². The van der Waals surface area contributed by atoms with Gasteiger partial charge < -0.3 is 9.30 Å². The summed E-state index contributed by atoms with van der Waals surface area (Å²) >= 11 is 1.72. The fourth-order valence-electron chi connectivity index (χ4n) is 3.46. The van der Waals surface area contributed by atoms with Crippen LogP contribution < -0.4 is 4.80 Å². The highest BCUT2D eigenvalue weighted by molar-refractivity contribution is 7.07. The van der Waals surface area contributed by atoms with Crippen molar-refractivity contribution in [1.29, 1.82) is 0 Å². The van der Waals surface area contributed by atoms with Crippen LogP contribution in [0, 0.1) is 13.8 Å². The van der Waals surface area contributed by atoms with Gasteiger partial charge in [0.15, 0.2) is 4.80 Å². The summed E-state index contributed by atoms with van der Waals surface area (Å²) in [6.45, 7) is 9.86.